The molecule has 12 heavy (non-hydrogen) atoms. The van der Waals surface area contributed by atoms with E-state index in [0.717, 1.165) is 11.5 Å². The first kappa shape index (κ1) is 7.28. The Morgan fingerprint density at radius 1 is 1.42 bits per heavy atom. The van der Waals surface area contributed by atoms with Gasteiger partial charge in [-0.2, -0.15) is 0 Å². The van der Waals surface area contributed by atoms with Gasteiger partial charge in [0.05, 0.1) is 13.2 Å². The molecule has 3 nitrogen and oxygen atoms in total. The van der Waals surface area contributed by atoms with Gasteiger partial charge in [0.15, 0.2) is 0 Å². The molecule has 0 aromatic carbocycles. The number of hydrogen-bond acceptors (Lipinski definition) is 1. The van der Waals surface area contributed by atoms with E-state index in [1.54, 1.807) is 0 Å². The first-order chi connectivity index (χ1) is 5.70. The molecule has 0 saturated carbocycles. The van der Waals surface area contributed by atoms with E-state index in [9.17, 15) is 0 Å². The van der Waals surface area contributed by atoms with Gasteiger partial charge in [-0.3, -0.25) is 0 Å². The van der Waals surface area contributed by atoms with Gasteiger partial charge in [0.1, 0.15) is 0 Å². The van der Waals surface area contributed by atoms with Crippen LogP contribution in [0.1, 0.15) is 11.4 Å². The van der Waals surface area contributed by atoms with E-state index in [0.29, 0.717) is 0 Å². The van der Waals surface area contributed by atoms with Gasteiger partial charge in [-0.1, -0.05) is 0 Å². The Bertz CT molecular complexity index is 429. The highest BCUT2D eigenvalue weighted by molar-refractivity contribution is 5.37. The Labute approximate surface area is 71.3 Å². The van der Waals surface area contributed by atoms with E-state index in [2.05, 4.69) is 29.4 Å². The monoisotopic (exact) mass is 162 g/mol. The van der Waals surface area contributed by atoms with Gasteiger partial charge in [-0.25, -0.2) is 4.40 Å². The average molecular weight is 162 g/mol. The van der Waals surface area contributed by atoms with Gasteiger partial charge in [-0.15, -0.1) is 4.68 Å². The highest BCUT2D eigenvalue weighted by atomic mass is 15.3. The summed E-state index contributed by atoms with van der Waals surface area (Å²) in [6, 6.07) is 4.11. The van der Waals surface area contributed by atoms with Gasteiger partial charge < -0.3 is 0 Å². The first-order valence-electron chi connectivity index (χ1n) is 4.01. The molecule has 2 heterocycles. The largest absolute Gasteiger partial charge is 0.309 e. The maximum absolute atomic E-state index is 4.39. The number of nitrogens with zero attached hydrogens (tertiary/aromatic N) is 3. The summed E-state index contributed by atoms with van der Waals surface area (Å²) in [5, 5.41) is 4.39. The van der Waals surface area contributed by atoms with Crippen LogP contribution in [0.3, 0.4) is 0 Å². The second kappa shape index (κ2) is 2.30. The first-order valence-corrected chi connectivity index (χ1v) is 4.01. The minimum absolute atomic E-state index is 1.04. The summed E-state index contributed by atoms with van der Waals surface area (Å²) in [6.07, 6.45) is 2.03. The molecular weight excluding hydrogens is 150 g/mol. The molecular formula is C9H12N3+. The lowest BCUT2D eigenvalue weighted by Gasteiger charge is -1.88. The zero-order valence-electron chi connectivity index (χ0n) is 7.57. The molecule has 0 radical (unpaired) electrons. The molecule has 0 fully saturated rings. The molecule has 0 aliphatic carbocycles. The fourth-order valence-corrected chi connectivity index (χ4v) is 1.37. The molecule has 0 amide bonds. The minimum Gasteiger partial charge on any atom is -0.201 e. The van der Waals surface area contributed by atoms with E-state index < -0.39 is 0 Å². The number of hydrogen-bond donors (Lipinski definition) is 0. The van der Waals surface area contributed by atoms with E-state index in [1.807, 2.05) is 24.0 Å². The minimum atomic E-state index is 1.04. The average Bonchev–Trinajstić information content (AvgIpc) is 2.32. The normalized spacial score (nSPS) is 10.9. The van der Waals surface area contributed by atoms with Gasteiger partial charge in [0, 0.05) is 17.6 Å². The van der Waals surface area contributed by atoms with Crippen molar-refractivity contribution in [3.63, 3.8) is 0 Å². The highest BCUT2D eigenvalue weighted by Crippen LogP contribution is 2.01. The van der Waals surface area contributed by atoms with Crippen molar-refractivity contribution in [2.45, 2.75) is 13.8 Å². The smallest absolute Gasteiger partial charge is 0.201 e. The van der Waals surface area contributed by atoms with Crippen LogP contribution in [0.2, 0.25) is 0 Å². The fourth-order valence-electron chi connectivity index (χ4n) is 1.37. The molecule has 0 spiro atoms. The zero-order chi connectivity index (χ0) is 8.72. The second-order valence-corrected chi connectivity index (χ2v) is 3.06. The molecule has 0 aliphatic heterocycles. The lowest BCUT2D eigenvalue weighted by Crippen LogP contribution is -2.23. The summed E-state index contributed by atoms with van der Waals surface area (Å²) in [6.45, 7) is 4.13. The number of aromatic nitrogens is 3. The number of aryl methyl sites for hydroxylation is 3. The Morgan fingerprint density at radius 3 is 2.83 bits per heavy atom. The van der Waals surface area contributed by atoms with Crippen molar-refractivity contribution in [3.8, 4) is 0 Å². The lowest BCUT2D eigenvalue weighted by atomic mass is 10.3. The standard InChI is InChI=1S/C9H12N3/c1-7-5-4-6-12-8(2)11(3)10-9(7)12/h4-6H,1-3H3/q+1. The molecule has 0 saturated heterocycles. The Balaban J connectivity index is 2.95. The summed E-state index contributed by atoms with van der Waals surface area (Å²) < 4.78 is 3.98. The third kappa shape index (κ3) is 0.826. The highest BCUT2D eigenvalue weighted by Gasteiger charge is 2.13. The van der Waals surface area contributed by atoms with Gasteiger partial charge >= 0.3 is 5.65 Å². The van der Waals surface area contributed by atoms with Crippen molar-refractivity contribution in [1.29, 1.82) is 0 Å². The zero-order valence-corrected chi connectivity index (χ0v) is 7.57. The van der Waals surface area contributed by atoms with Gasteiger partial charge in [-0.05, 0) is 19.1 Å². The summed E-state index contributed by atoms with van der Waals surface area (Å²) in [5.74, 6) is 1.15. The van der Waals surface area contributed by atoms with Crippen LogP contribution in [0.4, 0.5) is 0 Å². The van der Waals surface area contributed by atoms with Crippen LogP contribution in [-0.4, -0.2) is 9.78 Å². The maximum Gasteiger partial charge on any atom is 0.309 e. The van der Waals surface area contributed by atoms with Crippen LogP contribution in [0.25, 0.3) is 5.65 Å². The van der Waals surface area contributed by atoms with Crippen molar-refractivity contribution in [3.05, 3.63) is 29.7 Å². The van der Waals surface area contributed by atoms with Crippen LogP contribution in [0, 0.1) is 13.8 Å². The van der Waals surface area contributed by atoms with Crippen LogP contribution in [0.5, 0.6) is 0 Å². The number of fused-ring (bicyclic) bond motifs is 1. The fraction of sp³-hybridized carbons (Fsp3) is 0.333. The van der Waals surface area contributed by atoms with E-state index in [1.165, 1.54) is 5.56 Å². The van der Waals surface area contributed by atoms with Crippen LogP contribution in [0.15, 0.2) is 18.3 Å². The predicted octanol–water partition coefficient (Wildman–Crippen LogP) is 0.776. The Morgan fingerprint density at radius 2 is 2.17 bits per heavy atom. The summed E-state index contributed by atoms with van der Waals surface area (Å²) in [7, 11) is 1.96. The molecule has 2 aromatic heterocycles. The molecule has 3 heteroatoms. The summed E-state index contributed by atoms with van der Waals surface area (Å²) >= 11 is 0. The Hall–Kier alpha value is -1.38. The van der Waals surface area contributed by atoms with E-state index in [-0.39, 0.29) is 0 Å². The lowest BCUT2D eigenvalue weighted by molar-refractivity contribution is -0.521. The van der Waals surface area contributed by atoms with Crippen LogP contribution in [-0.2, 0) is 7.05 Å². The van der Waals surface area contributed by atoms with Crippen LogP contribution >= 0.6 is 0 Å². The van der Waals surface area contributed by atoms with Crippen molar-refractivity contribution in [1.82, 2.24) is 9.78 Å². The Kier molecular flexibility index (Phi) is 1.40. The number of rotatable bonds is 0. The molecule has 0 N–H and O–H groups in total. The number of pyridine rings is 1. The third-order valence-corrected chi connectivity index (χ3v) is 2.22. The topological polar surface area (TPSA) is 21.9 Å². The quantitative estimate of drug-likeness (QED) is 0.524. The van der Waals surface area contributed by atoms with Gasteiger partial charge in [0.25, 0.3) is 0 Å². The van der Waals surface area contributed by atoms with Gasteiger partial charge in [0.2, 0.25) is 5.82 Å². The molecule has 0 aliphatic rings. The molecule has 2 aromatic rings. The maximum atomic E-state index is 4.39. The molecule has 0 atom stereocenters. The molecule has 2 rings (SSSR count). The van der Waals surface area contributed by atoms with Crippen LogP contribution < -0.4 is 4.40 Å². The van der Waals surface area contributed by atoms with E-state index in [4.69, 9.17) is 0 Å². The summed E-state index contributed by atoms with van der Waals surface area (Å²) in [4.78, 5) is 0. The molecule has 62 valence electrons. The van der Waals surface area contributed by atoms with Crippen molar-refractivity contribution in [2.24, 2.45) is 7.05 Å². The van der Waals surface area contributed by atoms with Crippen molar-refractivity contribution < 1.29 is 4.40 Å². The van der Waals surface area contributed by atoms with E-state index >= 15 is 0 Å². The van der Waals surface area contributed by atoms with Crippen molar-refractivity contribution >= 4 is 5.65 Å². The summed E-state index contributed by atoms with van der Waals surface area (Å²) in [5.41, 5.74) is 2.25. The predicted molar refractivity (Wildman–Crippen MR) is 45.8 cm³/mol. The second-order valence-electron chi connectivity index (χ2n) is 3.06. The van der Waals surface area contributed by atoms with Crippen molar-refractivity contribution in [2.75, 3.05) is 0 Å². The molecule has 0 bridgehead atoms. The molecule has 0 unspecified atom stereocenters. The third-order valence-electron chi connectivity index (χ3n) is 2.22. The SMILES string of the molecule is Cc1ccc[n+]2c(C)n(C)nc12.